The molecule has 6 nitrogen and oxygen atoms in total. The van der Waals surface area contributed by atoms with Crippen LogP contribution in [0.3, 0.4) is 0 Å². The van der Waals surface area contributed by atoms with Gasteiger partial charge in [0.1, 0.15) is 34.6 Å². The fourth-order valence-electron chi connectivity index (χ4n) is 8.39. The highest BCUT2D eigenvalue weighted by molar-refractivity contribution is 14.1. The number of nitrogens with zero attached hydrogens (tertiary/aromatic N) is 6. The minimum atomic E-state index is -0.125. The molecule has 2 aromatic heterocycles. The first kappa shape index (κ1) is 34.8. The van der Waals surface area contributed by atoms with E-state index in [1.807, 2.05) is 0 Å². The van der Waals surface area contributed by atoms with E-state index in [0.717, 1.165) is 40.0 Å². The van der Waals surface area contributed by atoms with Crippen LogP contribution in [0.25, 0.3) is 21.5 Å². The van der Waals surface area contributed by atoms with Gasteiger partial charge in [0.15, 0.2) is 0 Å². The molecule has 3 aromatic carbocycles. The maximum absolute atomic E-state index is 5.65. The van der Waals surface area contributed by atoms with Gasteiger partial charge in [0.25, 0.3) is 0 Å². The molecule has 0 radical (unpaired) electrons. The zero-order valence-corrected chi connectivity index (χ0v) is 35.4. The molecule has 262 valence electrons. The van der Waals surface area contributed by atoms with Crippen molar-refractivity contribution in [1.82, 2.24) is 13.8 Å². The second kappa shape index (κ2) is 14.7. The first-order valence-corrected chi connectivity index (χ1v) is 23.1. The van der Waals surface area contributed by atoms with Crippen molar-refractivity contribution in [2.24, 2.45) is 15.0 Å². The van der Waals surface area contributed by atoms with Gasteiger partial charge in [-0.25, -0.2) is 15.0 Å². The number of thioether (sulfide) groups is 2. The average molecular weight is 937 g/mol. The fraction of sp³-hybridized carbons (Fsp3) is 0.425. The topological polar surface area (TPSA) is 50.2 Å². The molecule has 0 amide bonds. The molecule has 4 aliphatic rings. The number of aromatic nitrogens is 2. The number of unbranched alkanes of at least 4 members (excludes halogenated alkanes) is 10. The maximum Gasteiger partial charge on any atom is 0.522 e. The van der Waals surface area contributed by atoms with Gasteiger partial charge in [-0.1, -0.05) is 102 Å². The summed E-state index contributed by atoms with van der Waals surface area (Å²) < 4.78 is 7.29. The van der Waals surface area contributed by atoms with Crippen LogP contribution in [-0.4, -0.2) is 38.2 Å². The normalized spacial score (nSPS) is 16.1. The van der Waals surface area contributed by atoms with E-state index in [1.54, 1.807) is 0 Å². The molecule has 0 fully saturated rings. The molecule has 1 unspecified atom stereocenters. The number of aliphatic imine (C=N–C) groups is 1. The SMILES string of the molecule is CCCCCCCCSc1cc2c3n4c(c2cc1SCCCCCCCC)=NC1c2c(I)cccc2C2=Nc5c6cccc(I)c6c(n5B4N21)N=3. The molecule has 5 aromatic rings. The first-order chi connectivity index (χ1) is 25.1. The summed E-state index contributed by atoms with van der Waals surface area (Å²) in [6.45, 7) is 4.60. The van der Waals surface area contributed by atoms with Crippen molar-refractivity contribution < 1.29 is 0 Å². The lowest BCUT2D eigenvalue weighted by Crippen LogP contribution is -2.63. The Labute approximate surface area is 336 Å². The van der Waals surface area contributed by atoms with E-state index in [9.17, 15) is 0 Å². The summed E-state index contributed by atoms with van der Waals surface area (Å²) in [6, 6.07) is 18.2. The van der Waals surface area contributed by atoms with Crippen molar-refractivity contribution in [2.75, 3.05) is 11.5 Å². The molecule has 0 saturated heterocycles. The Balaban J connectivity index is 1.20. The predicted molar refractivity (Wildman–Crippen MR) is 233 cm³/mol. The summed E-state index contributed by atoms with van der Waals surface area (Å²) in [7, 11) is -0.107. The van der Waals surface area contributed by atoms with Gasteiger partial charge >= 0.3 is 7.12 Å². The molecule has 0 N–H and O–H groups in total. The second-order valence-electron chi connectivity index (χ2n) is 14.3. The molecule has 0 bridgehead atoms. The van der Waals surface area contributed by atoms with Crippen molar-refractivity contribution >= 4 is 115 Å². The van der Waals surface area contributed by atoms with Gasteiger partial charge < -0.3 is 13.8 Å². The van der Waals surface area contributed by atoms with Crippen LogP contribution in [0.2, 0.25) is 0 Å². The van der Waals surface area contributed by atoms with E-state index in [4.69, 9.17) is 15.0 Å². The molecule has 6 heterocycles. The zero-order chi connectivity index (χ0) is 34.6. The number of amidine groups is 1. The van der Waals surface area contributed by atoms with Gasteiger partial charge in [0.2, 0.25) is 0 Å². The number of rotatable bonds is 16. The molecule has 1 atom stereocenters. The molecule has 0 saturated carbocycles. The molecule has 11 heteroatoms. The van der Waals surface area contributed by atoms with Crippen LogP contribution in [-0.2, 0) is 0 Å². The monoisotopic (exact) mass is 936 g/mol. The summed E-state index contributed by atoms with van der Waals surface area (Å²) >= 11 is 9.10. The number of halogens is 2. The number of hydrogen-bond acceptors (Lipinski definition) is 6. The van der Waals surface area contributed by atoms with Gasteiger partial charge in [0, 0.05) is 49.6 Å². The van der Waals surface area contributed by atoms with Crippen molar-refractivity contribution in [3.63, 3.8) is 0 Å². The first-order valence-electron chi connectivity index (χ1n) is 19.0. The minimum absolute atomic E-state index is 0.107. The summed E-state index contributed by atoms with van der Waals surface area (Å²) in [4.78, 5) is 21.9. The molecular formula is C40H43BI2N6S2. The van der Waals surface area contributed by atoms with Crippen LogP contribution in [0.4, 0.5) is 11.6 Å². The molecular weight excluding hydrogens is 893 g/mol. The largest absolute Gasteiger partial charge is 0.522 e. The van der Waals surface area contributed by atoms with Gasteiger partial charge in [-0.15, -0.1) is 23.5 Å². The predicted octanol–water partition coefficient (Wildman–Crippen LogP) is 11.4. The molecule has 9 rings (SSSR count). The van der Waals surface area contributed by atoms with Crippen LogP contribution < -0.4 is 11.0 Å². The fourth-order valence-corrected chi connectivity index (χ4v) is 12.2. The maximum atomic E-state index is 5.65. The third-order valence-corrected chi connectivity index (χ3v) is 15.2. The highest BCUT2D eigenvalue weighted by atomic mass is 127. The summed E-state index contributed by atoms with van der Waals surface area (Å²) in [6.07, 6.45) is 15.8. The van der Waals surface area contributed by atoms with E-state index in [0.29, 0.717) is 0 Å². The van der Waals surface area contributed by atoms with E-state index in [-0.39, 0.29) is 13.3 Å². The van der Waals surface area contributed by atoms with Crippen molar-refractivity contribution in [1.29, 1.82) is 0 Å². The highest BCUT2D eigenvalue weighted by Crippen LogP contribution is 2.50. The lowest BCUT2D eigenvalue weighted by molar-refractivity contribution is 0.441. The quantitative estimate of drug-likeness (QED) is 0.0429. The second-order valence-corrected chi connectivity index (χ2v) is 18.9. The molecule has 4 aliphatic heterocycles. The third-order valence-electron chi connectivity index (χ3n) is 10.9. The standard InChI is InChI=1S/C40H43BI2N6S2/c1-3-5-7-9-11-13-21-50-31-23-27-28(24-32(31)51-22-14-12-10-8-6-4-2)38-46-40-34-26(18-16-20-30(34)43)36-44-35-25-17-15-19-29(42)33(25)39-45-37(27)47(38)41(48(35)39)49(36)40/h15-20,23-24,39H,3-14,21-22H2,1-2H3. The van der Waals surface area contributed by atoms with Crippen molar-refractivity contribution in [3.05, 3.63) is 77.8 Å². The summed E-state index contributed by atoms with van der Waals surface area (Å²) in [5, 5.41) is 4.83. The van der Waals surface area contributed by atoms with Gasteiger partial charge in [-0.2, -0.15) is 0 Å². The Morgan fingerprint density at radius 3 is 2.00 bits per heavy atom. The van der Waals surface area contributed by atoms with Gasteiger partial charge in [0.05, 0.1) is 0 Å². The highest BCUT2D eigenvalue weighted by Gasteiger charge is 2.53. The molecule has 0 spiro atoms. The summed E-state index contributed by atoms with van der Waals surface area (Å²) in [5.41, 5.74) is 4.57. The van der Waals surface area contributed by atoms with E-state index < -0.39 is 0 Å². The lowest BCUT2D eigenvalue weighted by Gasteiger charge is -2.39. The minimum Gasteiger partial charge on any atom is -0.334 e. The zero-order valence-electron chi connectivity index (χ0n) is 29.4. The van der Waals surface area contributed by atoms with E-state index in [2.05, 4.69) is 145 Å². The Morgan fingerprint density at radius 2 is 1.29 bits per heavy atom. The number of benzene rings is 3. The molecule has 0 aliphatic carbocycles. The van der Waals surface area contributed by atoms with E-state index in [1.165, 1.54) is 127 Å². The Kier molecular flexibility index (Phi) is 10.0. The van der Waals surface area contributed by atoms with Crippen LogP contribution in [0.15, 0.2) is 73.3 Å². The smallest absolute Gasteiger partial charge is 0.334 e. The molecule has 51 heavy (non-hydrogen) atoms. The lowest BCUT2D eigenvalue weighted by atomic mass is 9.85. The van der Waals surface area contributed by atoms with E-state index >= 15 is 0 Å². The van der Waals surface area contributed by atoms with Crippen LogP contribution in [0, 0.1) is 7.14 Å². The third kappa shape index (κ3) is 5.84. The Bertz CT molecular complexity index is 2330. The number of fused-ring (bicyclic) bond motifs is 9. The van der Waals surface area contributed by atoms with Crippen LogP contribution >= 0.6 is 68.7 Å². The Hall–Kier alpha value is -1.97. The van der Waals surface area contributed by atoms with Crippen molar-refractivity contribution in [2.45, 2.75) is 107 Å². The van der Waals surface area contributed by atoms with Crippen molar-refractivity contribution in [3.8, 4) is 0 Å². The van der Waals surface area contributed by atoms with Crippen LogP contribution in [0.5, 0.6) is 0 Å². The summed E-state index contributed by atoms with van der Waals surface area (Å²) in [5.74, 6) is 5.38. The Morgan fingerprint density at radius 1 is 0.667 bits per heavy atom. The van der Waals surface area contributed by atoms with Gasteiger partial charge in [-0.05, 0) is 93.8 Å². The van der Waals surface area contributed by atoms with Crippen LogP contribution in [0.1, 0.15) is 108 Å². The number of hydrogen-bond donors (Lipinski definition) is 0. The average Bonchev–Trinajstić information content (AvgIpc) is 3.76. The van der Waals surface area contributed by atoms with Gasteiger partial charge in [-0.3, -0.25) is 0 Å².